The number of hydrogen-bond acceptors (Lipinski definition) is 2. The summed E-state index contributed by atoms with van der Waals surface area (Å²) >= 11 is 0. The van der Waals surface area contributed by atoms with Crippen LogP contribution >= 0.6 is 0 Å². The Morgan fingerprint density at radius 1 is 1.44 bits per heavy atom. The molecule has 0 saturated carbocycles. The second kappa shape index (κ2) is 5.12. The Balaban J connectivity index is 2.26. The normalized spacial score (nSPS) is 12.4. The van der Waals surface area contributed by atoms with Crippen LogP contribution in [0.1, 0.15) is 30.8 Å². The van der Waals surface area contributed by atoms with Gasteiger partial charge in [-0.15, -0.1) is 0 Å². The van der Waals surface area contributed by atoms with Gasteiger partial charge in [-0.2, -0.15) is 0 Å². The second-order valence-corrected chi connectivity index (χ2v) is 4.42. The average Bonchev–Trinajstić information content (AvgIpc) is 2.81. The fraction of sp³-hybridized carbons (Fsp3) is 0.357. The fourth-order valence-electron chi connectivity index (χ4n) is 1.76. The predicted molar refractivity (Wildman–Crippen MR) is 72.1 cm³/mol. The second-order valence-electron chi connectivity index (χ2n) is 4.42. The molecule has 2 aromatic rings. The minimum atomic E-state index is -0.0699. The number of aromatic amines is 1. The Hall–Kier alpha value is -1.97. The number of nitrogens with one attached hydrogen (secondary N) is 2. The van der Waals surface area contributed by atoms with Gasteiger partial charge in [-0.1, -0.05) is 6.92 Å². The van der Waals surface area contributed by atoms with E-state index in [1.165, 1.54) is 0 Å². The molecular formula is C14H18N2O2. The average molecular weight is 246 g/mol. The van der Waals surface area contributed by atoms with E-state index < -0.39 is 0 Å². The Morgan fingerprint density at radius 2 is 2.22 bits per heavy atom. The third kappa shape index (κ3) is 2.47. The van der Waals surface area contributed by atoms with E-state index in [-0.39, 0.29) is 11.9 Å². The van der Waals surface area contributed by atoms with Gasteiger partial charge >= 0.3 is 0 Å². The standard InChI is InChI=1S/C14H18N2O2/c1-4-9(2)15-14(17)13-7-10-5-6-11(18-3)8-12(10)16-13/h5-9,16H,4H2,1-3H3,(H,15,17). The number of carbonyl (C=O) groups is 1. The maximum Gasteiger partial charge on any atom is 0.267 e. The summed E-state index contributed by atoms with van der Waals surface area (Å²) in [6, 6.07) is 7.73. The van der Waals surface area contributed by atoms with Crippen LogP contribution in [0.3, 0.4) is 0 Å². The largest absolute Gasteiger partial charge is 0.497 e. The molecular weight excluding hydrogens is 228 g/mol. The molecule has 1 amide bonds. The minimum absolute atomic E-state index is 0.0699. The Kier molecular flexibility index (Phi) is 3.55. The van der Waals surface area contributed by atoms with Gasteiger partial charge in [-0.05, 0) is 31.5 Å². The molecule has 1 unspecified atom stereocenters. The first-order valence-corrected chi connectivity index (χ1v) is 6.11. The quantitative estimate of drug-likeness (QED) is 0.871. The molecule has 18 heavy (non-hydrogen) atoms. The van der Waals surface area contributed by atoms with Crippen molar-refractivity contribution in [3.8, 4) is 5.75 Å². The van der Waals surface area contributed by atoms with Gasteiger partial charge in [0.2, 0.25) is 0 Å². The highest BCUT2D eigenvalue weighted by Crippen LogP contribution is 2.21. The summed E-state index contributed by atoms with van der Waals surface area (Å²) in [5, 5.41) is 3.94. The number of rotatable bonds is 4. The Labute approximate surface area is 106 Å². The molecule has 0 aliphatic heterocycles. The molecule has 0 aliphatic rings. The van der Waals surface area contributed by atoms with E-state index in [0.717, 1.165) is 23.1 Å². The SMILES string of the molecule is CCC(C)NC(=O)c1cc2ccc(OC)cc2[nH]1. The lowest BCUT2D eigenvalue weighted by Crippen LogP contribution is -2.32. The van der Waals surface area contributed by atoms with Crippen molar-refractivity contribution in [2.24, 2.45) is 0 Å². The summed E-state index contributed by atoms with van der Waals surface area (Å²) in [4.78, 5) is 15.1. The molecule has 4 nitrogen and oxygen atoms in total. The molecule has 1 aromatic heterocycles. The first kappa shape index (κ1) is 12.5. The highest BCUT2D eigenvalue weighted by Gasteiger charge is 2.11. The van der Waals surface area contributed by atoms with Crippen LogP contribution in [0.2, 0.25) is 0 Å². The van der Waals surface area contributed by atoms with Crippen molar-refractivity contribution < 1.29 is 9.53 Å². The molecule has 2 rings (SSSR count). The molecule has 1 aromatic carbocycles. The number of ether oxygens (including phenoxy) is 1. The third-order valence-electron chi connectivity index (χ3n) is 3.06. The van der Waals surface area contributed by atoms with Gasteiger partial charge < -0.3 is 15.0 Å². The van der Waals surface area contributed by atoms with Gasteiger partial charge in [0, 0.05) is 23.0 Å². The Bertz CT molecular complexity index is 560. The number of H-pyrrole nitrogens is 1. The summed E-state index contributed by atoms with van der Waals surface area (Å²) in [6.07, 6.45) is 0.916. The summed E-state index contributed by atoms with van der Waals surface area (Å²) in [5.74, 6) is 0.706. The molecule has 1 heterocycles. The van der Waals surface area contributed by atoms with Crippen molar-refractivity contribution in [1.82, 2.24) is 10.3 Å². The molecule has 0 aliphatic carbocycles. The van der Waals surface area contributed by atoms with Gasteiger partial charge in [0.1, 0.15) is 11.4 Å². The zero-order valence-electron chi connectivity index (χ0n) is 10.9. The van der Waals surface area contributed by atoms with E-state index >= 15 is 0 Å². The molecule has 4 heteroatoms. The van der Waals surface area contributed by atoms with Gasteiger partial charge in [-0.25, -0.2) is 0 Å². The topological polar surface area (TPSA) is 54.1 Å². The molecule has 0 bridgehead atoms. The monoisotopic (exact) mass is 246 g/mol. The molecule has 2 N–H and O–H groups in total. The van der Waals surface area contributed by atoms with Crippen molar-refractivity contribution >= 4 is 16.8 Å². The molecule has 0 fully saturated rings. The maximum atomic E-state index is 12.0. The highest BCUT2D eigenvalue weighted by molar-refractivity contribution is 5.98. The zero-order valence-corrected chi connectivity index (χ0v) is 10.9. The first-order chi connectivity index (χ1) is 8.63. The van der Waals surface area contributed by atoms with Crippen molar-refractivity contribution in [2.45, 2.75) is 26.3 Å². The van der Waals surface area contributed by atoms with Gasteiger partial charge in [0.15, 0.2) is 0 Å². The third-order valence-corrected chi connectivity index (χ3v) is 3.06. The summed E-state index contributed by atoms with van der Waals surface area (Å²) < 4.78 is 5.15. The van der Waals surface area contributed by atoms with E-state index in [1.54, 1.807) is 7.11 Å². The van der Waals surface area contributed by atoms with Crippen molar-refractivity contribution in [1.29, 1.82) is 0 Å². The van der Waals surface area contributed by atoms with Crippen molar-refractivity contribution in [3.05, 3.63) is 30.0 Å². The van der Waals surface area contributed by atoms with Crippen LogP contribution in [0.15, 0.2) is 24.3 Å². The van der Waals surface area contributed by atoms with E-state index in [0.29, 0.717) is 5.69 Å². The number of methoxy groups -OCH3 is 1. The predicted octanol–water partition coefficient (Wildman–Crippen LogP) is 2.70. The van der Waals surface area contributed by atoms with E-state index in [9.17, 15) is 4.79 Å². The van der Waals surface area contributed by atoms with E-state index in [2.05, 4.69) is 10.3 Å². The first-order valence-electron chi connectivity index (χ1n) is 6.11. The van der Waals surface area contributed by atoms with Gasteiger partial charge in [0.25, 0.3) is 5.91 Å². The highest BCUT2D eigenvalue weighted by atomic mass is 16.5. The van der Waals surface area contributed by atoms with Crippen LogP contribution in [0, 0.1) is 0 Å². The molecule has 0 radical (unpaired) electrons. The lowest BCUT2D eigenvalue weighted by atomic mass is 10.2. The number of carbonyl (C=O) groups excluding carboxylic acids is 1. The van der Waals surface area contributed by atoms with Crippen LogP contribution in [0.25, 0.3) is 10.9 Å². The smallest absolute Gasteiger partial charge is 0.267 e. The van der Waals surface area contributed by atoms with Crippen LogP contribution in [-0.2, 0) is 0 Å². The van der Waals surface area contributed by atoms with Crippen LogP contribution in [0.5, 0.6) is 5.75 Å². The lowest BCUT2D eigenvalue weighted by molar-refractivity contribution is 0.0935. The molecule has 0 saturated heterocycles. The van der Waals surface area contributed by atoms with Crippen molar-refractivity contribution in [2.75, 3.05) is 7.11 Å². The number of benzene rings is 1. The van der Waals surface area contributed by atoms with E-state index in [1.807, 2.05) is 38.1 Å². The fourth-order valence-corrected chi connectivity index (χ4v) is 1.76. The minimum Gasteiger partial charge on any atom is -0.497 e. The number of fused-ring (bicyclic) bond motifs is 1. The van der Waals surface area contributed by atoms with Crippen LogP contribution < -0.4 is 10.1 Å². The molecule has 0 spiro atoms. The van der Waals surface area contributed by atoms with Crippen molar-refractivity contribution in [3.63, 3.8) is 0 Å². The van der Waals surface area contributed by atoms with Gasteiger partial charge in [-0.3, -0.25) is 4.79 Å². The Morgan fingerprint density at radius 3 is 2.89 bits per heavy atom. The van der Waals surface area contributed by atoms with Crippen LogP contribution in [-0.4, -0.2) is 24.0 Å². The zero-order chi connectivity index (χ0) is 13.1. The van der Waals surface area contributed by atoms with Crippen LogP contribution in [0.4, 0.5) is 0 Å². The number of aromatic nitrogens is 1. The lowest BCUT2D eigenvalue weighted by Gasteiger charge is -2.09. The number of hydrogen-bond donors (Lipinski definition) is 2. The molecule has 96 valence electrons. The van der Waals surface area contributed by atoms with E-state index in [4.69, 9.17) is 4.74 Å². The number of amides is 1. The summed E-state index contributed by atoms with van der Waals surface area (Å²) in [5.41, 5.74) is 1.49. The summed E-state index contributed by atoms with van der Waals surface area (Å²) in [6.45, 7) is 4.03. The maximum absolute atomic E-state index is 12.0. The van der Waals surface area contributed by atoms with Gasteiger partial charge in [0.05, 0.1) is 7.11 Å². The summed E-state index contributed by atoms with van der Waals surface area (Å²) in [7, 11) is 1.63. The molecule has 1 atom stereocenters.